The van der Waals surface area contributed by atoms with Gasteiger partial charge in [-0.3, -0.25) is 4.79 Å². The Morgan fingerprint density at radius 1 is 1.32 bits per heavy atom. The van der Waals surface area contributed by atoms with Crippen LogP contribution in [0.15, 0.2) is 24.3 Å². The van der Waals surface area contributed by atoms with Crippen molar-refractivity contribution in [2.75, 3.05) is 12.3 Å². The van der Waals surface area contributed by atoms with Crippen LogP contribution in [0.2, 0.25) is 5.02 Å². The van der Waals surface area contributed by atoms with Crippen molar-refractivity contribution >= 4 is 29.2 Å². The summed E-state index contributed by atoms with van der Waals surface area (Å²) in [5.41, 5.74) is 9.11. The van der Waals surface area contributed by atoms with Crippen LogP contribution >= 0.6 is 11.6 Å². The number of fused-ring (bicyclic) bond motifs is 1. The van der Waals surface area contributed by atoms with Gasteiger partial charge >= 0.3 is 0 Å². The number of rotatable bonds is 5. The predicted octanol–water partition coefficient (Wildman–Crippen LogP) is 1.88. The fourth-order valence-electron chi connectivity index (χ4n) is 2.74. The smallest absolute Gasteiger partial charge is 0.254 e. The summed E-state index contributed by atoms with van der Waals surface area (Å²) in [6, 6.07) is 7.61. The second kappa shape index (κ2) is 7.06. The molecule has 0 aliphatic heterocycles. The second-order valence-corrected chi connectivity index (χ2v) is 6.29. The third kappa shape index (κ3) is 3.88. The van der Waals surface area contributed by atoms with E-state index in [1.165, 1.54) is 0 Å². The first-order valence-electron chi connectivity index (χ1n) is 7.93. The van der Waals surface area contributed by atoms with Crippen LogP contribution in [-0.4, -0.2) is 32.0 Å². The summed E-state index contributed by atoms with van der Waals surface area (Å²) >= 11 is 5.96. The van der Waals surface area contributed by atoms with Gasteiger partial charge in [0.1, 0.15) is 0 Å². The first-order valence-corrected chi connectivity index (χ1v) is 8.31. The number of carbonyl (C=O) groups excluding carboxylic acids is 1. The minimum atomic E-state index is -0.0672. The molecule has 0 saturated carbocycles. The quantitative estimate of drug-likeness (QED) is 0.725. The number of hydrogen-bond acceptors (Lipinski definition) is 5. The first kappa shape index (κ1) is 17.2. The lowest BCUT2D eigenvalue weighted by molar-refractivity contribution is -0.120. The van der Waals surface area contributed by atoms with Crippen LogP contribution in [0.3, 0.4) is 0 Å². The van der Waals surface area contributed by atoms with Gasteiger partial charge in [0, 0.05) is 28.5 Å². The van der Waals surface area contributed by atoms with Gasteiger partial charge < -0.3 is 11.1 Å². The molecule has 2 aromatic heterocycles. The largest absolute Gasteiger partial charge is 0.366 e. The Labute approximate surface area is 150 Å². The van der Waals surface area contributed by atoms with Gasteiger partial charge in [0.25, 0.3) is 5.78 Å². The van der Waals surface area contributed by atoms with Crippen molar-refractivity contribution in [2.45, 2.75) is 26.7 Å². The Kier molecular flexibility index (Phi) is 4.85. The standard InChI is InChI=1S/C17H19ClN6O/c1-10-14(11(2)24-17(21-10)22-16(19)23-24)9-15(25)20-7-6-12-4-3-5-13(18)8-12/h3-5,8H,6-7,9H2,1-2H3,(H2,19,23)(H,20,25). The lowest BCUT2D eigenvalue weighted by atomic mass is 10.1. The minimum absolute atomic E-state index is 0.0672. The van der Waals surface area contributed by atoms with Crippen molar-refractivity contribution in [3.8, 4) is 0 Å². The molecule has 1 amide bonds. The van der Waals surface area contributed by atoms with E-state index >= 15 is 0 Å². The Morgan fingerprint density at radius 2 is 2.12 bits per heavy atom. The van der Waals surface area contributed by atoms with Gasteiger partial charge in [-0.15, -0.1) is 5.10 Å². The molecule has 0 aliphatic carbocycles. The first-order chi connectivity index (χ1) is 11.9. The highest BCUT2D eigenvalue weighted by Crippen LogP contribution is 2.15. The van der Waals surface area contributed by atoms with Gasteiger partial charge in [0.2, 0.25) is 11.9 Å². The highest BCUT2D eigenvalue weighted by atomic mass is 35.5. The average molecular weight is 359 g/mol. The molecule has 3 N–H and O–H groups in total. The zero-order chi connectivity index (χ0) is 18.0. The predicted molar refractivity (Wildman–Crippen MR) is 96.5 cm³/mol. The van der Waals surface area contributed by atoms with Crippen LogP contribution < -0.4 is 11.1 Å². The number of carbonyl (C=O) groups is 1. The highest BCUT2D eigenvalue weighted by molar-refractivity contribution is 6.30. The van der Waals surface area contributed by atoms with Crippen LogP contribution in [0.25, 0.3) is 5.78 Å². The molecule has 0 fully saturated rings. The highest BCUT2D eigenvalue weighted by Gasteiger charge is 2.15. The SMILES string of the molecule is Cc1nc2nc(N)nn2c(C)c1CC(=O)NCCc1cccc(Cl)c1. The normalized spacial score (nSPS) is 11.0. The summed E-state index contributed by atoms with van der Waals surface area (Å²) in [6.07, 6.45) is 0.955. The summed E-state index contributed by atoms with van der Waals surface area (Å²) in [5, 5.41) is 7.73. The van der Waals surface area contributed by atoms with Crippen LogP contribution in [0.4, 0.5) is 5.95 Å². The topological polar surface area (TPSA) is 98.2 Å². The number of aromatic nitrogens is 4. The van der Waals surface area contributed by atoms with E-state index in [4.69, 9.17) is 17.3 Å². The molecule has 3 rings (SSSR count). The third-order valence-corrected chi connectivity index (χ3v) is 4.26. The molecule has 25 heavy (non-hydrogen) atoms. The van der Waals surface area contributed by atoms with E-state index in [1.54, 1.807) is 4.52 Å². The third-order valence-electron chi connectivity index (χ3n) is 4.03. The molecule has 0 bridgehead atoms. The van der Waals surface area contributed by atoms with Crippen molar-refractivity contribution in [1.29, 1.82) is 0 Å². The van der Waals surface area contributed by atoms with Gasteiger partial charge in [-0.2, -0.15) is 9.50 Å². The Hall–Kier alpha value is -2.67. The van der Waals surface area contributed by atoms with Gasteiger partial charge in [-0.1, -0.05) is 23.7 Å². The van der Waals surface area contributed by atoms with Gasteiger partial charge in [0.15, 0.2) is 0 Å². The van der Waals surface area contributed by atoms with E-state index in [2.05, 4.69) is 20.4 Å². The van der Waals surface area contributed by atoms with E-state index in [9.17, 15) is 4.79 Å². The maximum absolute atomic E-state index is 12.3. The minimum Gasteiger partial charge on any atom is -0.366 e. The maximum atomic E-state index is 12.3. The second-order valence-electron chi connectivity index (χ2n) is 5.85. The van der Waals surface area contributed by atoms with Crippen molar-refractivity contribution in [3.63, 3.8) is 0 Å². The number of benzene rings is 1. The van der Waals surface area contributed by atoms with Crippen LogP contribution in [-0.2, 0) is 17.6 Å². The number of nitrogen functional groups attached to an aromatic ring is 1. The number of nitrogens with one attached hydrogen (secondary N) is 1. The van der Waals surface area contributed by atoms with E-state index in [-0.39, 0.29) is 18.3 Å². The monoisotopic (exact) mass is 358 g/mol. The molecular weight excluding hydrogens is 340 g/mol. The molecule has 1 aromatic carbocycles. The number of nitrogens with two attached hydrogens (primary N) is 1. The number of amides is 1. The summed E-state index contributed by atoms with van der Waals surface area (Å²) in [7, 11) is 0. The Morgan fingerprint density at radius 3 is 2.88 bits per heavy atom. The van der Waals surface area contributed by atoms with Crippen molar-refractivity contribution in [2.24, 2.45) is 0 Å². The molecule has 7 nitrogen and oxygen atoms in total. The number of aryl methyl sites for hydroxylation is 2. The number of anilines is 1. The molecule has 8 heteroatoms. The number of hydrogen-bond donors (Lipinski definition) is 2. The summed E-state index contributed by atoms with van der Waals surface area (Å²) in [4.78, 5) is 20.7. The van der Waals surface area contributed by atoms with Crippen LogP contribution in [0, 0.1) is 13.8 Å². The molecule has 0 spiro atoms. The molecule has 0 radical (unpaired) electrons. The summed E-state index contributed by atoms with van der Waals surface area (Å²) < 4.78 is 1.57. The number of halogens is 1. The molecule has 2 heterocycles. The van der Waals surface area contributed by atoms with Crippen molar-refractivity contribution in [3.05, 3.63) is 51.8 Å². The summed E-state index contributed by atoms with van der Waals surface area (Å²) in [5.74, 6) is 0.540. The van der Waals surface area contributed by atoms with Gasteiger partial charge in [-0.05, 0) is 38.0 Å². The molecule has 130 valence electrons. The van der Waals surface area contributed by atoms with E-state index in [1.807, 2.05) is 38.1 Å². The van der Waals surface area contributed by atoms with E-state index in [0.717, 1.165) is 28.9 Å². The van der Waals surface area contributed by atoms with Gasteiger partial charge in [0.05, 0.1) is 6.42 Å². The van der Waals surface area contributed by atoms with Gasteiger partial charge in [-0.25, -0.2) is 4.98 Å². The number of nitrogens with zero attached hydrogens (tertiary/aromatic N) is 4. The summed E-state index contributed by atoms with van der Waals surface area (Å²) in [6.45, 7) is 4.28. The molecule has 0 atom stereocenters. The fraction of sp³-hybridized carbons (Fsp3) is 0.294. The Balaban J connectivity index is 1.65. The van der Waals surface area contributed by atoms with Crippen LogP contribution in [0.5, 0.6) is 0 Å². The molecule has 0 unspecified atom stereocenters. The average Bonchev–Trinajstić information content (AvgIpc) is 2.92. The zero-order valence-electron chi connectivity index (χ0n) is 14.1. The molecule has 0 saturated heterocycles. The van der Waals surface area contributed by atoms with Crippen molar-refractivity contribution in [1.82, 2.24) is 24.9 Å². The Bertz CT molecular complexity index is 936. The fourth-order valence-corrected chi connectivity index (χ4v) is 2.95. The van der Waals surface area contributed by atoms with E-state index < -0.39 is 0 Å². The molecule has 3 aromatic rings. The molecular formula is C17H19ClN6O. The maximum Gasteiger partial charge on any atom is 0.254 e. The molecule has 0 aliphatic rings. The zero-order valence-corrected chi connectivity index (χ0v) is 14.8. The van der Waals surface area contributed by atoms with Crippen molar-refractivity contribution < 1.29 is 4.79 Å². The van der Waals surface area contributed by atoms with E-state index in [0.29, 0.717) is 17.3 Å². The lowest BCUT2D eigenvalue weighted by Gasteiger charge is -2.11. The lowest BCUT2D eigenvalue weighted by Crippen LogP contribution is -2.28. The van der Waals surface area contributed by atoms with Crippen LogP contribution in [0.1, 0.15) is 22.5 Å².